The zero-order chi connectivity index (χ0) is 14.4. The SMILES string of the molecule is C=CCCC(NC(=O)c1ccc(Cl)c(C)c1)C(=O)O. The Bertz CT molecular complexity index is 499. The van der Waals surface area contributed by atoms with E-state index in [1.165, 1.54) is 0 Å². The highest BCUT2D eigenvalue weighted by molar-refractivity contribution is 6.31. The van der Waals surface area contributed by atoms with Crippen LogP contribution in [-0.4, -0.2) is 23.0 Å². The van der Waals surface area contributed by atoms with Gasteiger partial charge in [0.1, 0.15) is 6.04 Å². The lowest BCUT2D eigenvalue weighted by molar-refractivity contribution is -0.139. The smallest absolute Gasteiger partial charge is 0.326 e. The molecule has 19 heavy (non-hydrogen) atoms. The van der Waals surface area contributed by atoms with Crippen LogP contribution in [-0.2, 0) is 4.79 Å². The minimum atomic E-state index is -1.05. The summed E-state index contributed by atoms with van der Waals surface area (Å²) < 4.78 is 0. The summed E-state index contributed by atoms with van der Waals surface area (Å²) >= 11 is 5.87. The molecule has 0 saturated heterocycles. The number of aryl methyl sites for hydroxylation is 1. The van der Waals surface area contributed by atoms with E-state index in [9.17, 15) is 9.59 Å². The van der Waals surface area contributed by atoms with E-state index >= 15 is 0 Å². The zero-order valence-electron chi connectivity index (χ0n) is 10.6. The number of halogens is 1. The Morgan fingerprint density at radius 2 is 2.21 bits per heavy atom. The van der Waals surface area contributed by atoms with Crippen LogP contribution in [0.15, 0.2) is 30.9 Å². The van der Waals surface area contributed by atoms with Crippen LogP contribution in [0.3, 0.4) is 0 Å². The molecule has 1 aromatic rings. The van der Waals surface area contributed by atoms with Crippen LogP contribution >= 0.6 is 11.6 Å². The lowest BCUT2D eigenvalue weighted by atomic mass is 10.1. The molecular weight excluding hydrogens is 266 g/mol. The molecule has 0 aliphatic heterocycles. The fraction of sp³-hybridized carbons (Fsp3) is 0.286. The quantitative estimate of drug-likeness (QED) is 0.788. The Morgan fingerprint density at radius 1 is 1.53 bits per heavy atom. The van der Waals surface area contributed by atoms with Crippen LogP contribution in [0.2, 0.25) is 5.02 Å². The molecule has 4 nitrogen and oxygen atoms in total. The maximum absolute atomic E-state index is 11.9. The molecule has 1 amide bonds. The molecule has 102 valence electrons. The Balaban J connectivity index is 2.78. The first-order valence-electron chi connectivity index (χ1n) is 5.86. The van der Waals surface area contributed by atoms with Crippen molar-refractivity contribution in [3.63, 3.8) is 0 Å². The summed E-state index contributed by atoms with van der Waals surface area (Å²) in [5, 5.41) is 12.1. The summed E-state index contributed by atoms with van der Waals surface area (Å²) in [4.78, 5) is 23.0. The van der Waals surface area contributed by atoms with Crippen LogP contribution in [0, 0.1) is 6.92 Å². The predicted octanol–water partition coefficient (Wildman–Crippen LogP) is 2.80. The van der Waals surface area contributed by atoms with Gasteiger partial charge in [-0.3, -0.25) is 4.79 Å². The third-order valence-corrected chi connectivity index (χ3v) is 3.11. The Morgan fingerprint density at radius 3 is 2.74 bits per heavy atom. The van der Waals surface area contributed by atoms with Crippen LogP contribution in [0.25, 0.3) is 0 Å². The Labute approximate surface area is 117 Å². The molecule has 1 unspecified atom stereocenters. The number of allylic oxidation sites excluding steroid dienone is 1. The van der Waals surface area contributed by atoms with Gasteiger partial charge in [-0.2, -0.15) is 0 Å². The number of aliphatic carboxylic acids is 1. The number of benzene rings is 1. The first-order chi connectivity index (χ1) is 8.95. The van der Waals surface area contributed by atoms with Crippen molar-refractivity contribution in [2.75, 3.05) is 0 Å². The molecule has 0 aromatic heterocycles. The molecule has 0 saturated carbocycles. The summed E-state index contributed by atoms with van der Waals surface area (Å²) in [5.74, 6) is -1.47. The average molecular weight is 282 g/mol. The molecular formula is C14H16ClNO3. The molecule has 5 heteroatoms. The largest absolute Gasteiger partial charge is 0.480 e. The monoisotopic (exact) mass is 281 g/mol. The predicted molar refractivity (Wildman–Crippen MR) is 74.5 cm³/mol. The minimum absolute atomic E-state index is 0.317. The number of carboxylic acid groups (broad SMARTS) is 1. The minimum Gasteiger partial charge on any atom is -0.480 e. The lowest BCUT2D eigenvalue weighted by Crippen LogP contribution is -2.40. The summed E-state index contributed by atoms with van der Waals surface area (Å²) in [6.45, 7) is 5.31. The molecule has 2 N–H and O–H groups in total. The number of carbonyl (C=O) groups excluding carboxylic acids is 1. The molecule has 0 aliphatic carbocycles. The molecule has 0 radical (unpaired) electrons. The number of hydrogen-bond acceptors (Lipinski definition) is 2. The van der Waals surface area contributed by atoms with E-state index in [4.69, 9.17) is 16.7 Å². The second kappa shape index (κ2) is 6.95. The van der Waals surface area contributed by atoms with Crippen molar-refractivity contribution in [3.8, 4) is 0 Å². The average Bonchev–Trinajstić information content (AvgIpc) is 2.37. The molecule has 0 spiro atoms. The molecule has 1 aromatic carbocycles. The van der Waals surface area contributed by atoms with Gasteiger partial charge in [-0.05, 0) is 43.5 Å². The summed E-state index contributed by atoms with van der Waals surface area (Å²) in [5.41, 5.74) is 1.17. The summed E-state index contributed by atoms with van der Waals surface area (Å²) in [6, 6.07) is 3.90. The molecule has 0 fully saturated rings. The van der Waals surface area contributed by atoms with E-state index in [0.29, 0.717) is 23.4 Å². The normalized spacial score (nSPS) is 11.7. The second-order valence-electron chi connectivity index (χ2n) is 4.19. The van der Waals surface area contributed by atoms with Crippen molar-refractivity contribution < 1.29 is 14.7 Å². The lowest BCUT2D eigenvalue weighted by Gasteiger charge is -2.14. The van der Waals surface area contributed by atoms with Gasteiger partial charge in [0.05, 0.1) is 0 Å². The molecule has 0 aliphatic rings. The highest BCUT2D eigenvalue weighted by atomic mass is 35.5. The first kappa shape index (κ1) is 15.2. The number of nitrogens with one attached hydrogen (secondary N) is 1. The fourth-order valence-corrected chi connectivity index (χ4v) is 1.69. The standard InChI is InChI=1S/C14H16ClNO3/c1-3-4-5-12(14(18)19)16-13(17)10-6-7-11(15)9(2)8-10/h3,6-8,12H,1,4-5H2,2H3,(H,16,17)(H,18,19). The third-order valence-electron chi connectivity index (χ3n) is 2.68. The topological polar surface area (TPSA) is 66.4 Å². The Kier molecular flexibility index (Phi) is 5.57. The van der Waals surface area contributed by atoms with Gasteiger partial charge in [-0.25, -0.2) is 4.79 Å². The van der Waals surface area contributed by atoms with E-state index in [1.807, 2.05) is 0 Å². The van der Waals surface area contributed by atoms with Crippen LogP contribution < -0.4 is 5.32 Å². The van der Waals surface area contributed by atoms with Crippen molar-refractivity contribution in [2.45, 2.75) is 25.8 Å². The van der Waals surface area contributed by atoms with E-state index < -0.39 is 17.9 Å². The zero-order valence-corrected chi connectivity index (χ0v) is 11.4. The van der Waals surface area contributed by atoms with Crippen LogP contribution in [0.5, 0.6) is 0 Å². The Hall–Kier alpha value is -1.81. The van der Waals surface area contributed by atoms with Crippen molar-refractivity contribution >= 4 is 23.5 Å². The second-order valence-corrected chi connectivity index (χ2v) is 4.60. The van der Waals surface area contributed by atoms with Gasteiger partial charge in [-0.1, -0.05) is 17.7 Å². The van der Waals surface area contributed by atoms with E-state index in [-0.39, 0.29) is 0 Å². The number of carboxylic acids is 1. The molecule has 1 rings (SSSR count). The molecule has 1 atom stereocenters. The summed E-state index contributed by atoms with van der Waals surface area (Å²) in [6.07, 6.45) is 2.46. The van der Waals surface area contributed by atoms with Gasteiger partial charge in [0.25, 0.3) is 5.91 Å². The van der Waals surface area contributed by atoms with Crippen LogP contribution in [0.4, 0.5) is 0 Å². The van der Waals surface area contributed by atoms with E-state index in [1.54, 1.807) is 31.2 Å². The maximum Gasteiger partial charge on any atom is 0.326 e. The van der Waals surface area contributed by atoms with Gasteiger partial charge in [0, 0.05) is 10.6 Å². The van der Waals surface area contributed by atoms with E-state index in [2.05, 4.69) is 11.9 Å². The van der Waals surface area contributed by atoms with Gasteiger partial charge >= 0.3 is 5.97 Å². The molecule has 0 bridgehead atoms. The number of amides is 1. The van der Waals surface area contributed by atoms with Gasteiger partial charge in [0.15, 0.2) is 0 Å². The highest BCUT2D eigenvalue weighted by Gasteiger charge is 2.19. The highest BCUT2D eigenvalue weighted by Crippen LogP contribution is 2.16. The van der Waals surface area contributed by atoms with E-state index in [0.717, 1.165) is 5.56 Å². The van der Waals surface area contributed by atoms with Gasteiger partial charge in [0.2, 0.25) is 0 Å². The van der Waals surface area contributed by atoms with Crippen molar-refractivity contribution in [2.24, 2.45) is 0 Å². The van der Waals surface area contributed by atoms with Gasteiger partial charge < -0.3 is 10.4 Å². The third kappa shape index (κ3) is 4.41. The number of hydrogen-bond donors (Lipinski definition) is 2. The van der Waals surface area contributed by atoms with Gasteiger partial charge in [-0.15, -0.1) is 6.58 Å². The maximum atomic E-state index is 11.9. The van der Waals surface area contributed by atoms with Crippen molar-refractivity contribution in [1.82, 2.24) is 5.32 Å². The van der Waals surface area contributed by atoms with Crippen molar-refractivity contribution in [3.05, 3.63) is 47.0 Å². The van der Waals surface area contributed by atoms with Crippen molar-refractivity contribution in [1.29, 1.82) is 0 Å². The molecule has 0 heterocycles. The first-order valence-corrected chi connectivity index (χ1v) is 6.24. The fourth-order valence-electron chi connectivity index (χ4n) is 1.57. The van der Waals surface area contributed by atoms with Crippen LogP contribution in [0.1, 0.15) is 28.8 Å². The number of carbonyl (C=O) groups is 2. The number of rotatable bonds is 6. The summed E-state index contributed by atoms with van der Waals surface area (Å²) in [7, 11) is 0.